The number of hydrogen-bond acceptors (Lipinski definition) is 6. The summed E-state index contributed by atoms with van der Waals surface area (Å²) in [5.41, 5.74) is -0.863. The number of nitrogens with one attached hydrogen (secondary N) is 1. The highest BCUT2D eigenvalue weighted by atomic mass is 35.5. The first-order valence-electron chi connectivity index (χ1n) is 6.47. The van der Waals surface area contributed by atoms with Gasteiger partial charge in [0.15, 0.2) is 5.17 Å². The number of carbonyl (C=O) groups excluding carboxylic acids is 2. The van der Waals surface area contributed by atoms with Crippen LogP contribution in [0.15, 0.2) is 39.4 Å². The van der Waals surface area contributed by atoms with Gasteiger partial charge in [-0.25, -0.2) is 4.79 Å². The highest BCUT2D eigenvalue weighted by Crippen LogP contribution is 2.31. The average molecular weight is 392 g/mol. The molecule has 1 N–H and O–H groups in total. The number of halogens is 4. The molecule has 6 nitrogen and oxygen atoms in total. The van der Waals surface area contributed by atoms with Gasteiger partial charge in [-0.1, -0.05) is 11.6 Å². The summed E-state index contributed by atoms with van der Waals surface area (Å²) in [6, 6.07) is 2.78. The van der Waals surface area contributed by atoms with Crippen molar-refractivity contribution in [3.05, 3.63) is 45.3 Å². The SMILES string of the molecule is COC(=O)/C=C1/S/C(=N\N=Cc2cc(C(F)(F)F)ccc2Cl)NC1=O. The lowest BCUT2D eigenvalue weighted by molar-refractivity contribution is -0.137. The monoisotopic (exact) mass is 391 g/mol. The third kappa shape index (κ3) is 5.07. The molecular weight excluding hydrogens is 383 g/mol. The number of rotatable bonds is 3. The summed E-state index contributed by atoms with van der Waals surface area (Å²) in [7, 11) is 1.16. The van der Waals surface area contributed by atoms with Gasteiger partial charge in [-0.3, -0.25) is 10.1 Å². The molecule has 0 radical (unpaired) electrons. The lowest BCUT2D eigenvalue weighted by atomic mass is 10.1. The maximum Gasteiger partial charge on any atom is 0.416 e. The van der Waals surface area contributed by atoms with Crippen LogP contribution in [0.2, 0.25) is 5.02 Å². The van der Waals surface area contributed by atoms with E-state index in [1.165, 1.54) is 0 Å². The number of alkyl halides is 3. The lowest BCUT2D eigenvalue weighted by Gasteiger charge is -2.07. The molecule has 132 valence electrons. The summed E-state index contributed by atoms with van der Waals surface area (Å²) >= 11 is 6.65. The highest BCUT2D eigenvalue weighted by molar-refractivity contribution is 8.18. The molecule has 0 unspecified atom stereocenters. The fraction of sp³-hybridized carbons (Fsp3) is 0.143. The highest BCUT2D eigenvalue weighted by Gasteiger charge is 2.30. The Balaban J connectivity index is 2.16. The van der Waals surface area contributed by atoms with Crippen molar-refractivity contribution >= 4 is 46.6 Å². The maximum atomic E-state index is 12.7. The summed E-state index contributed by atoms with van der Waals surface area (Å²) in [5.74, 6) is -1.28. The zero-order chi connectivity index (χ0) is 18.6. The van der Waals surface area contributed by atoms with E-state index in [0.29, 0.717) is 0 Å². The van der Waals surface area contributed by atoms with Gasteiger partial charge < -0.3 is 4.74 Å². The fourth-order valence-electron chi connectivity index (χ4n) is 1.60. The summed E-state index contributed by atoms with van der Waals surface area (Å²) in [6.45, 7) is 0. The molecule has 0 atom stereocenters. The summed E-state index contributed by atoms with van der Waals surface area (Å²) < 4.78 is 42.4. The molecule has 1 saturated heterocycles. The van der Waals surface area contributed by atoms with E-state index >= 15 is 0 Å². The minimum absolute atomic E-state index is 0.0143. The van der Waals surface area contributed by atoms with Crippen LogP contribution in [0.25, 0.3) is 0 Å². The first kappa shape index (κ1) is 19.0. The number of hydrogen-bond donors (Lipinski definition) is 1. The number of amidine groups is 1. The number of amides is 1. The third-order valence-electron chi connectivity index (χ3n) is 2.77. The number of thioether (sulfide) groups is 1. The number of ether oxygens (including phenoxy) is 1. The van der Waals surface area contributed by atoms with Crippen LogP contribution in [-0.4, -0.2) is 30.4 Å². The molecule has 1 aromatic carbocycles. The van der Waals surface area contributed by atoms with E-state index in [-0.39, 0.29) is 20.7 Å². The van der Waals surface area contributed by atoms with E-state index in [2.05, 4.69) is 20.3 Å². The molecular formula is C14H9ClF3N3O3S. The van der Waals surface area contributed by atoms with Crippen molar-refractivity contribution in [1.82, 2.24) is 5.32 Å². The Kier molecular flexibility index (Phi) is 5.85. The van der Waals surface area contributed by atoms with Crippen LogP contribution in [0.3, 0.4) is 0 Å². The van der Waals surface area contributed by atoms with Crippen LogP contribution in [0.1, 0.15) is 11.1 Å². The largest absolute Gasteiger partial charge is 0.466 e. The molecule has 25 heavy (non-hydrogen) atoms. The van der Waals surface area contributed by atoms with Crippen molar-refractivity contribution in [2.45, 2.75) is 6.18 Å². The van der Waals surface area contributed by atoms with Gasteiger partial charge in [-0.2, -0.15) is 18.3 Å². The summed E-state index contributed by atoms with van der Waals surface area (Å²) in [6.07, 6.45) is -2.50. The third-order valence-corrected chi connectivity index (χ3v) is 4.01. The van der Waals surface area contributed by atoms with Crippen LogP contribution in [-0.2, 0) is 20.5 Å². The Morgan fingerprint density at radius 1 is 1.40 bits per heavy atom. The molecule has 1 aliphatic rings. The van der Waals surface area contributed by atoms with Gasteiger partial charge in [0.05, 0.1) is 23.8 Å². The van der Waals surface area contributed by atoms with Crippen LogP contribution in [0, 0.1) is 0 Å². The van der Waals surface area contributed by atoms with Crippen LogP contribution in [0.5, 0.6) is 0 Å². The Bertz CT molecular complexity index is 806. The lowest BCUT2D eigenvalue weighted by Crippen LogP contribution is -2.19. The van der Waals surface area contributed by atoms with Crippen molar-refractivity contribution < 1.29 is 27.5 Å². The van der Waals surface area contributed by atoms with Gasteiger partial charge in [0, 0.05) is 16.7 Å². The molecule has 0 aliphatic carbocycles. The minimum Gasteiger partial charge on any atom is -0.466 e. The second kappa shape index (κ2) is 7.70. The van der Waals surface area contributed by atoms with Crippen molar-refractivity contribution in [2.24, 2.45) is 10.2 Å². The second-order valence-electron chi connectivity index (χ2n) is 4.47. The molecule has 1 aliphatic heterocycles. The van der Waals surface area contributed by atoms with Crippen molar-refractivity contribution in [3.8, 4) is 0 Å². The normalized spacial score (nSPS) is 18.2. The Labute approximate surface area is 148 Å². The Morgan fingerprint density at radius 3 is 2.76 bits per heavy atom. The second-order valence-corrected chi connectivity index (χ2v) is 5.91. The molecule has 2 rings (SSSR count). The van der Waals surface area contributed by atoms with Crippen LogP contribution >= 0.6 is 23.4 Å². The first-order chi connectivity index (χ1) is 11.7. The van der Waals surface area contributed by atoms with E-state index in [4.69, 9.17) is 11.6 Å². The number of esters is 1. The van der Waals surface area contributed by atoms with Gasteiger partial charge in [0.25, 0.3) is 5.91 Å². The van der Waals surface area contributed by atoms with E-state index in [1.807, 2.05) is 0 Å². The van der Waals surface area contributed by atoms with Gasteiger partial charge in [-0.15, -0.1) is 5.10 Å². The average Bonchev–Trinajstić information content (AvgIpc) is 2.87. The molecule has 1 fully saturated rings. The minimum atomic E-state index is -4.51. The van der Waals surface area contributed by atoms with Gasteiger partial charge in [0.2, 0.25) is 0 Å². The number of benzene rings is 1. The smallest absolute Gasteiger partial charge is 0.416 e. The van der Waals surface area contributed by atoms with Crippen molar-refractivity contribution in [1.29, 1.82) is 0 Å². The van der Waals surface area contributed by atoms with Gasteiger partial charge >= 0.3 is 12.1 Å². The Hall–Kier alpha value is -2.33. The molecule has 0 saturated carbocycles. The molecule has 0 aromatic heterocycles. The first-order valence-corrected chi connectivity index (χ1v) is 7.67. The summed E-state index contributed by atoms with van der Waals surface area (Å²) in [5, 5.41) is 9.74. The summed E-state index contributed by atoms with van der Waals surface area (Å²) in [4.78, 5) is 22.7. The number of methoxy groups -OCH3 is 1. The van der Waals surface area contributed by atoms with Crippen LogP contribution < -0.4 is 5.32 Å². The van der Waals surface area contributed by atoms with E-state index in [9.17, 15) is 22.8 Å². The number of nitrogens with zero attached hydrogens (tertiary/aromatic N) is 2. The molecule has 1 heterocycles. The van der Waals surface area contributed by atoms with Gasteiger partial charge in [0.1, 0.15) is 0 Å². The fourth-order valence-corrected chi connectivity index (χ4v) is 2.51. The van der Waals surface area contributed by atoms with E-state index < -0.39 is 23.6 Å². The molecule has 0 bridgehead atoms. The van der Waals surface area contributed by atoms with E-state index in [0.717, 1.165) is 49.4 Å². The topological polar surface area (TPSA) is 80.1 Å². The van der Waals surface area contributed by atoms with Crippen molar-refractivity contribution in [3.63, 3.8) is 0 Å². The zero-order valence-electron chi connectivity index (χ0n) is 12.4. The quantitative estimate of drug-likeness (QED) is 0.372. The van der Waals surface area contributed by atoms with Crippen molar-refractivity contribution in [2.75, 3.05) is 7.11 Å². The standard InChI is InChI=1S/C14H9ClF3N3O3S/c1-24-11(22)5-10-12(23)20-13(25-10)21-19-6-7-4-8(14(16,17)18)2-3-9(7)15/h2-6H,1H3,(H,20,21,23)/b10-5+,19-6?. The van der Waals surface area contributed by atoms with Crippen LogP contribution in [0.4, 0.5) is 13.2 Å². The number of carbonyl (C=O) groups is 2. The maximum absolute atomic E-state index is 12.7. The zero-order valence-corrected chi connectivity index (χ0v) is 14.0. The molecule has 0 spiro atoms. The predicted molar refractivity (Wildman–Crippen MR) is 87.3 cm³/mol. The molecule has 1 aromatic rings. The Morgan fingerprint density at radius 2 is 2.12 bits per heavy atom. The predicted octanol–water partition coefficient (Wildman–Crippen LogP) is 2.97. The molecule has 11 heteroatoms. The van der Waals surface area contributed by atoms with Gasteiger partial charge in [-0.05, 0) is 30.0 Å². The molecule has 1 amide bonds. The van der Waals surface area contributed by atoms with E-state index in [1.54, 1.807) is 0 Å².